The number of carbonyl (C=O) groups is 1. The molecule has 32 heavy (non-hydrogen) atoms. The van der Waals surface area contributed by atoms with Crippen molar-refractivity contribution in [3.8, 4) is 11.1 Å². The van der Waals surface area contributed by atoms with Crippen LogP contribution in [0.3, 0.4) is 0 Å². The van der Waals surface area contributed by atoms with Crippen LogP contribution in [-0.2, 0) is 19.1 Å². The smallest absolute Gasteiger partial charge is 0.366 e. The van der Waals surface area contributed by atoms with Gasteiger partial charge in [-0.15, -0.1) is 0 Å². The van der Waals surface area contributed by atoms with Crippen molar-refractivity contribution >= 4 is 5.91 Å². The molecule has 0 unspecified atom stereocenters. The number of hydrogen-bond donors (Lipinski definition) is 1. The Morgan fingerprint density at radius 1 is 1.03 bits per heavy atom. The number of nitrogens with two attached hydrogens (primary N) is 1. The highest BCUT2D eigenvalue weighted by Gasteiger charge is 2.31. The van der Waals surface area contributed by atoms with Gasteiger partial charge in [-0.3, -0.25) is 4.79 Å². The third kappa shape index (κ3) is 5.55. The van der Waals surface area contributed by atoms with Crippen LogP contribution in [0.1, 0.15) is 72.8 Å². The zero-order valence-electron chi connectivity index (χ0n) is 19.1. The van der Waals surface area contributed by atoms with Gasteiger partial charge in [0.1, 0.15) is 0 Å². The zero-order valence-corrected chi connectivity index (χ0v) is 19.1. The van der Waals surface area contributed by atoms with Crippen LogP contribution in [0, 0.1) is 6.92 Å². The summed E-state index contributed by atoms with van der Waals surface area (Å²) in [5.41, 5.74) is 8.62. The van der Waals surface area contributed by atoms with Gasteiger partial charge in [-0.25, -0.2) is 0 Å². The molecule has 0 bridgehead atoms. The van der Waals surface area contributed by atoms with Crippen molar-refractivity contribution in [2.24, 2.45) is 5.73 Å². The Labute approximate surface area is 188 Å². The highest BCUT2D eigenvalue weighted by atomic mass is 19.4. The van der Waals surface area contributed by atoms with Gasteiger partial charge in [0.15, 0.2) is 0 Å². The molecule has 1 aromatic heterocycles. The lowest BCUT2D eigenvalue weighted by atomic mass is 9.96. The molecule has 1 saturated heterocycles. The Morgan fingerprint density at radius 3 is 2.25 bits per heavy atom. The maximum absolute atomic E-state index is 13.1. The maximum Gasteiger partial charge on any atom is 0.416 e. The Bertz CT molecular complexity index is 910. The first kappa shape index (κ1) is 24.4. The third-order valence-corrected chi connectivity index (χ3v) is 6.48. The van der Waals surface area contributed by atoms with Gasteiger partial charge < -0.3 is 15.2 Å². The van der Waals surface area contributed by atoms with Crippen molar-refractivity contribution in [2.45, 2.75) is 71.5 Å². The van der Waals surface area contributed by atoms with E-state index in [9.17, 15) is 18.0 Å². The highest BCUT2D eigenvalue weighted by molar-refractivity contribution is 6.02. The molecule has 2 aromatic rings. The number of carbonyl (C=O) groups excluding carboxylic acids is 1. The van der Waals surface area contributed by atoms with E-state index >= 15 is 0 Å². The standard InChI is InChI=1S/C25H34F3N3O/c1-3-4-6-9-21-23(19-10-12-20(13-11-19)25(26,27)28)22(24(29)32)18(2)31(21)17-16-30-14-7-5-8-15-30/h10-13H,3-9,14-17H2,1-2H3,(H2,29,32). The number of nitrogens with zero attached hydrogens (tertiary/aromatic N) is 2. The monoisotopic (exact) mass is 449 g/mol. The molecule has 0 saturated carbocycles. The number of aromatic nitrogens is 1. The second-order valence-electron chi connectivity index (χ2n) is 8.73. The quantitative estimate of drug-likeness (QED) is 0.492. The number of piperidine rings is 1. The molecule has 1 aliphatic rings. The van der Waals surface area contributed by atoms with Gasteiger partial charge in [-0.1, -0.05) is 38.3 Å². The SMILES string of the molecule is CCCCCc1c(-c2ccc(C(F)(F)F)cc2)c(C(N)=O)c(C)n1CCN1CCCCC1. The maximum atomic E-state index is 13.1. The Morgan fingerprint density at radius 2 is 1.69 bits per heavy atom. The van der Waals surface area contributed by atoms with E-state index in [-0.39, 0.29) is 0 Å². The Hall–Kier alpha value is -2.28. The average molecular weight is 450 g/mol. The van der Waals surface area contributed by atoms with E-state index < -0.39 is 17.6 Å². The lowest BCUT2D eigenvalue weighted by Gasteiger charge is -2.27. The summed E-state index contributed by atoms with van der Waals surface area (Å²) in [6.07, 6.45) is 3.11. The van der Waals surface area contributed by atoms with Crippen LogP contribution in [0.4, 0.5) is 13.2 Å². The van der Waals surface area contributed by atoms with E-state index in [1.54, 1.807) is 0 Å². The summed E-state index contributed by atoms with van der Waals surface area (Å²) in [6.45, 7) is 7.83. The molecule has 1 aliphatic heterocycles. The van der Waals surface area contributed by atoms with Crippen LogP contribution in [0.5, 0.6) is 0 Å². The summed E-state index contributed by atoms with van der Waals surface area (Å²) < 4.78 is 41.4. The van der Waals surface area contributed by atoms with E-state index in [0.29, 0.717) is 16.7 Å². The summed E-state index contributed by atoms with van der Waals surface area (Å²) in [4.78, 5) is 14.9. The van der Waals surface area contributed by atoms with Crippen molar-refractivity contribution in [1.82, 2.24) is 9.47 Å². The van der Waals surface area contributed by atoms with E-state index in [1.165, 1.54) is 31.4 Å². The van der Waals surface area contributed by atoms with Crippen LogP contribution in [-0.4, -0.2) is 35.0 Å². The molecule has 2 heterocycles. The fraction of sp³-hybridized carbons (Fsp3) is 0.560. The van der Waals surface area contributed by atoms with Gasteiger partial charge in [0.25, 0.3) is 5.91 Å². The van der Waals surface area contributed by atoms with Crippen molar-refractivity contribution in [1.29, 1.82) is 0 Å². The second kappa shape index (κ2) is 10.6. The van der Waals surface area contributed by atoms with Crippen molar-refractivity contribution in [3.05, 3.63) is 46.8 Å². The van der Waals surface area contributed by atoms with E-state index in [2.05, 4.69) is 16.4 Å². The van der Waals surface area contributed by atoms with Crippen molar-refractivity contribution in [3.63, 3.8) is 0 Å². The summed E-state index contributed by atoms with van der Waals surface area (Å²) in [5.74, 6) is -0.536. The van der Waals surface area contributed by atoms with Gasteiger partial charge in [-0.2, -0.15) is 13.2 Å². The molecular weight excluding hydrogens is 415 g/mol. The second-order valence-corrected chi connectivity index (χ2v) is 8.73. The molecule has 0 spiro atoms. The van der Waals surface area contributed by atoms with Crippen molar-refractivity contribution < 1.29 is 18.0 Å². The molecule has 1 fully saturated rings. The van der Waals surface area contributed by atoms with E-state index in [0.717, 1.165) is 75.4 Å². The highest BCUT2D eigenvalue weighted by Crippen LogP contribution is 2.36. The van der Waals surface area contributed by atoms with Crippen LogP contribution >= 0.6 is 0 Å². The summed E-state index contributed by atoms with van der Waals surface area (Å²) >= 11 is 0. The number of unbranched alkanes of at least 4 members (excludes halogenated alkanes) is 2. The molecular formula is C25H34F3N3O. The summed E-state index contributed by atoms with van der Waals surface area (Å²) in [6, 6.07) is 5.08. The summed E-state index contributed by atoms with van der Waals surface area (Å²) in [7, 11) is 0. The molecule has 1 amide bonds. The summed E-state index contributed by atoms with van der Waals surface area (Å²) in [5, 5.41) is 0. The van der Waals surface area contributed by atoms with E-state index in [4.69, 9.17) is 5.73 Å². The minimum atomic E-state index is -4.40. The molecule has 0 atom stereocenters. The molecule has 2 N–H and O–H groups in total. The fourth-order valence-corrected chi connectivity index (χ4v) is 4.77. The van der Waals surface area contributed by atoms with E-state index in [1.807, 2.05) is 6.92 Å². The largest absolute Gasteiger partial charge is 0.416 e. The Balaban J connectivity index is 2.03. The minimum absolute atomic E-state index is 0.426. The van der Waals surface area contributed by atoms with Gasteiger partial charge in [-0.05, 0) is 63.4 Å². The number of alkyl halides is 3. The predicted molar refractivity (Wildman–Crippen MR) is 122 cm³/mol. The third-order valence-electron chi connectivity index (χ3n) is 6.48. The molecule has 3 rings (SSSR count). The predicted octanol–water partition coefficient (Wildman–Crippen LogP) is 5.80. The molecule has 0 radical (unpaired) electrons. The van der Waals surface area contributed by atoms with Gasteiger partial charge >= 0.3 is 6.18 Å². The van der Waals surface area contributed by atoms with Gasteiger partial charge in [0, 0.05) is 30.0 Å². The van der Waals surface area contributed by atoms with Crippen LogP contribution in [0.25, 0.3) is 11.1 Å². The molecule has 0 aliphatic carbocycles. The lowest BCUT2D eigenvalue weighted by molar-refractivity contribution is -0.137. The van der Waals surface area contributed by atoms with Crippen molar-refractivity contribution in [2.75, 3.05) is 19.6 Å². The first-order chi connectivity index (χ1) is 15.2. The number of primary amides is 1. The average Bonchev–Trinajstić information content (AvgIpc) is 3.04. The van der Waals surface area contributed by atoms with Gasteiger partial charge in [0.2, 0.25) is 0 Å². The Kier molecular flexibility index (Phi) is 8.04. The number of amides is 1. The molecule has 4 nitrogen and oxygen atoms in total. The molecule has 1 aromatic carbocycles. The first-order valence-corrected chi connectivity index (χ1v) is 11.7. The van der Waals surface area contributed by atoms with Crippen LogP contribution in [0.15, 0.2) is 24.3 Å². The topological polar surface area (TPSA) is 51.3 Å². The fourth-order valence-electron chi connectivity index (χ4n) is 4.77. The first-order valence-electron chi connectivity index (χ1n) is 11.7. The van der Waals surface area contributed by atoms with Crippen LogP contribution < -0.4 is 5.73 Å². The normalized spacial score (nSPS) is 15.3. The lowest BCUT2D eigenvalue weighted by Crippen LogP contribution is -2.33. The van der Waals surface area contributed by atoms with Crippen LogP contribution in [0.2, 0.25) is 0 Å². The minimum Gasteiger partial charge on any atom is -0.366 e. The number of halogens is 3. The number of likely N-dealkylation sites (tertiary alicyclic amines) is 1. The number of hydrogen-bond acceptors (Lipinski definition) is 2. The molecule has 7 heteroatoms. The number of benzene rings is 1. The number of rotatable bonds is 9. The molecule has 176 valence electrons. The zero-order chi connectivity index (χ0) is 23.3. The van der Waals surface area contributed by atoms with Gasteiger partial charge in [0.05, 0.1) is 11.1 Å².